The number of nitrogens with one attached hydrogen (secondary N) is 2. The van der Waals surface area contributed by atoms with Crippen LogP contribution in [-0.4, -0.2) is 29.1 Å². The monoisotopic (exact) mass is 390 g/mol. The zero-order chi connectivity index (χ0) is 20.2. The van der Waals surface area contributed by atoms with Crippen LogP contribution < -0.4 is 20.1 Å². The van der Waals surface area contributed by atoms with E-state index in [1.807, 2.05) is 26.0 Å². The lowest BCUT2D eigenvalue weighted by molar-refractivity contribution is 0.102. The molecule has 0 aliphatic carbocycles. The Bertz CT molecular complexity index is 1030. The summed E-state index contributed by atoms with van der Waals surface area (Å²) in [4.78, 5) is 21.4. The number of nitrogens with zero attached hydrogens (tertiary/aromatic N) is 2. The SMILES string of the molecule is Cc1ccc(CNc2nc(C)cc(C(=O)Nc3ccc4c(c3)OCCO4)n2)cc1. The highest BCUT2D eigenvalue weighted by molar-refractivity contribution is 6.03. The molecule has 3 aromatic rings. The van der Waals surface area contributed by atoms with E-state index in [0.717, 1.165) is 5.56 Å². The fourth-order valence-electron chi connectivity index (χ4n) is 2.97. The molecule has 1 aromatic heterocycles. The van der Waals surface area contributed by atoms with E-state index in [4.69, 9.17) is 9.47 Å². The first-order chi connectivity index (χ1) is 14.1. The topological polar surface area (TPSA) is 85.4 Å². The summed E-state index contributed by atoms with van der Waals surface area (Å²) in [6.07, 6.45) is 0. The second kappa shape index (κ2) is 8.18. The smallest absolute Gasteiger partial charge is 0.274 e. The van der Waals surface area contributed by atoms with E-state index in [0.29, 0.717) is 54.3 Å². The van der Waals surface area contributed by atoms with Gasteiger partial charge in [-0.05, 0) is 37.6 Å². The van der Waals surface area contributed by atoms with Crippen molar-refractivity contribution in [2.24, 2.45) is 0 Å². The van der Waals surface area contributed by atoms with Crippen LogP contribution in [0, 0.1) is 13.8 Å². The summed E-state index contributed by atoms with van der Waals surface area (Å²) in [5.41, 5.74) is 3.93. The standard InChI is InChI=1S/C22H22N4O3/c1-14-3-5-16(6-4-14)13-23-22-24-15(2)11-18(26-22)21(27)25-17-7-8-19-20(12-17)29-10-9-28-19/h3-8,11-12H,9-10,13H2,1-2H3,(H,25,27)(H,23,24,26). The van der Waals surface area contributed by atoms with E-state index in [-0.39, 0.29) is 5.91 Å². The molecule has 7 nitrogen and oxygen atoms in total. The van der Waals surface area contributed by atoms with Gasteiger partial charge < -0.3 is 20.1 Å². The lowest BCUT2D eigenvalue weighted by Gasteiger charge is -2.19. The molecule has 2 N–H and O–H groups in total. The molecule has 2 heterocycles. The summed E-state index contributed by atoms with van der Waals surface area (Å²) in [5.74, 6) is 1.39. The first kappa shape index (κ1) is 18.7. The second-order valence-electron chi connectivity index (χ2n) is 6.87. The molecule has 1 aliphatic rings. The third-order valence-corrected chi connectivity index (χ3v) is 4.46. The molecular formula is C22H22N4O3. The fraction of sp³-hybridized carbons (Fsp3) is 0.227. The van der Waals surface area contributed by atoms with Crippen LogP contribution in [-0.2, 0) is 6.54 Å². The number of fused-ring (bicyclic) bond motifs is 1. The highest BCUT2D eigenvalue weighted by Crippen LogP contribution is 2.32. The maximum Gasteiger partial charge on any atom is 0.274 e. The molecule has 0 atom stereocenters. The van der Waals surface area contributed by atoms with Gasteiger partial charge in [0, 0.05) is 24.0 Å². The molecule has 0 spiro atoms. The van der Waals surface area contributed by atoms with Crippen molar-refractivity contribution in [3.8, 4) is 11.5 Å². The number of carbonyl (C=O) groups excluding carboxylic acids is 1. The number of hydrogen-bond donors (Lipinski definition) is 2. The summed E-state index contributed by atoms with van der Waals surface area (Å²) in [5, 5.41) is 6.03. The second-order valence-corrected chi connectivity index (χ2v) is 6.87. The predicted molar refractivity (Wildman–Crippen MR) is 111 cm³/mol. The molecule has 29 heavy (non-hydrogen) atoms. The Balaban J connectivity index is 1.46. The summed E-state index contributed by atoms with van der Waals surface area (Å²) < 4.78 is 11.1. The van der Waals surface area contributed by atoms with Gasteiger partial charge >= 0.3 is 0 Å². The van der Waals surface area contributed by atoms with E-state index >= 15 is 0 Å². The van der Waals surface area contributed by atoms with Crippen LogP contribution in [0.15, 0.2) is 48.5 Å². The number of hydrogen-bond acceptors (Lipinski definition) is 6. The lowest BCUT2D eigenvalue weighted by atomic mass is 10.1. The van der Waals surface area contributed by atoms with E-state index in [1.165, 1.54) is 5.56 Å². The van der Waals surface area contributed by atoms with Gasteiger partial charge in [0.15, 0.2) is 11.5 Å². The van der Waals surface area contributed by atoms with Gasteiger partial charge in [-0.1, -0.05) is 29.8 Å². The minimum Gasteiger partial charge on any atom is -0.486 e. The average Bonchev–Trinajstić information content (AvgIpc) is 2.73. The largest absolute Gasteiger partial charge is 0.486 e. The zero-order valence-electron chi connectivity index (χ0n) is 16.4. The number of amides is 1. The van der Waals surface area contributed by atoms with Gasteiger partial charge in [0.1, 0.15) is 18.9 Å². The van der Waals surface area contributed by atoms with Crippen molar-refractivity contribution in [3.05, 3.63) is 71.0 Å². The molecular weight excluding hydrogens is 368 g/mol. The molecule has 7 heteroatoms. The Morgan fingerprint density at radius 3 is 2.52 bits per heavy atom. The van der Waals surface area contributed by atoms with Crippen LogP contribution in [0.3, 0.4) is 0 Å². The van der Waals surface area contributed by atoms with Crippen molar-refractivity contribution >= 4 is 17.5 Å². The average molecular weight is 390 g/mol. The van der Waals surface area contributed by atoms with Crippen molar-refractivity contribution in [1.29, 1.82) is 0 Å². The normalized spacial score (nSPS) is 12.3. The molecule has 148 valence electrons. The number of carbonyl (C=O) groups is 1. The quantitative estimate of drug-likeness (QED) is 0.691. The molecule has 0 fully saturated rings. The van der Waals surface area contributed by atoms with E-state index < -0.39 is 0 Å². The number of ether oxygens (including phenoxy) is 2. The highest BCUT2D eigenvalue weighted by Gasteiger charge is 2.15. The van der Waals surface area contributed by atoms with Crippen LogP contribution in [0.2, 0.25) is 0 Å². The molecule has 2 aromatic carbocycles. The first-order valence-electron chi connectivity index (χ1n) is 9.43. The third kappa shape index (κ3) is 4.63. The van der Waals surface area contributed by atoms with Gasteiger partial charge in [0.25, 0.3) is 5.91 Å². The summed E-state index contributed by atoms with van der Waals surface area (Å²) in [7, 11) is 0. The lowest BCUT2D eigenvalue weighted by Crippen LogP contribution is -2.18. The molecule has 0 unspecified atom stereocenters. The molecule has 0 radical (unpaired) electrons. The van der Waals surface area contributed by atoms with E-state index in [1.54, 1.807) is 24.3 Å². The van der Waals surface area contributed by atoms with Crippen molar-refractivity contribution in [3.63, 3.8) is 0 Å². The zero-order valence-corrected chi connectivity index (χ0v) is 16.4. The first-order valence-corrected chi connectivity index (χ1v) is 9.43. The Labute approximate surface area is 169 Å². The van der Waals surface area contributed by atoms with E-state index in [9.17, 15) is 4.79 Å². The van der Waals surface area contributed by atoms with E-state index in [2.05, 4.69) is 32.7 Å². The van der Waals surface area contributed by atoms with Gasteiger partial charge in [-0.15, -0.1) is 0 Å². The van der Waals surface area contributed by atoms with Crippen LogP contribution >= 0.6 is 0 Å². The number of rotatable bonds is 5. The number of aromatic nitrogens is 2. The van der Waals surface area contributed by atoms with Crippen molar-refractivity contribution in [2.45, 2.75) is 20.4 Å². The van der Waals surface area contributed by atoms with Gasteiger partial charge in [-0.2, -0.15) is 0 Å². The summed E-state index contributed by atoms with van der Waals surface area (Å²) in [6, 6.07) is 15.2. The van der Waals surface area contributed by atoms with Gasteiger partial charge in [-0.25, -0.2) is 9.97 Å². The van der Waals surface area contributed by atoms with Gasteiger partial charge in [-0.3, -0.25) is 4.79 Å². The third-order valence-electron chi connectivity index (χ3n) is 4.46. The molecule has 4 rings (SSSR count). The molecule has 0 saturated heterocycles. The summed E-state index contributed by atoms with van der Waals surface area (Å²) in [6.45, 7) is 5.48. The minimum atomic E-state index is -0.314. The molecule has 0 bridgehead atoms. The van der Waals surface area contributed by atoms with Crippen LogP contribution in [0.25, 0.3) is 0 Å². The van der Waals surface area contributed by atoms with Crippen LogP contribution in [0.5, 0.6) is 11.5 Å². The van der Waals surface area contributed by atoms with Crippen LogP contribution in [0.4, 0.5) is 11.6 Å². The molecule has 1 amide bonds. The minimum absolute atomic E-state index is 0.291. The predicted octanol–water partition coefficient (Wildman–Crippen LogP) is 3.73. The highest BCUT2D eigenvalue weighted by atomic mass is 16.6. The molecule has 1 aliphatic heterocycles. The van der Waals surface area contributed by atoms with Crippen molar-refractivity contribution < 1.29 is 14.3 Å². The van der Waals surface area contributed by atoms with Crippen molar-refractivity contribution in [2.75, 3.05) is 23.8 Å². The van der Waals surface area contributed by atoms with Gasteiger partial charge in [0.2, 0.25) is 5.95 Å². The van der Waals surface area contributed by atoms with Gasteiger partial charge in [0.05, 0.1) is 0 Å². The Morgan fingerprint density at radius 1 is 0.966 bits per heavy atom. The maximum atomic E-state index is 12.7. The summed E-state index contributed by atoms with van der Waals surface area (Å²) >= 11 is 0. The Kier molecular flexibility index (Phi) is 5.29. The Hall–Kier alpha value is -3.61. The number of aryl methyl sites for hydroxylation is 2. The number of anilines is 2. The fourth-order valence-corrected chi connectivity index (χ4v) is 2.97. The number of benzene rings is 2. The van der Waals surface area contributed by atoms with Crippen molar-refractivity contribution in [1.82, 2.24) is 9.97 Å². The molecule has 0 saturated carbocycles. The Morgan fingerprint density at radius 2 is 1.72 bits per heavy atom. The maximum absolute atomic E-state index is 12.7. The van der Waals surface area contributed by atoms with Crippen LogP contribution in [0.1, 0.15) is 27.3 Å².